The van der Waals surface area contributed by atoms with E-state index in [0.717, 1.165) is 60.3 Å². The predicted octanol–water partition coefficient (Wildman–Crippen LogP) is 4.69. The molecule has 2 aliphatic rings. The van der Waals surface area contributed by atoms with Gasteiger partial charge in [-0.1, -0.05) is 24.2 Å². The van der Waals surface area contributed by atoms with Gasteiger partial charge in [0, 0.05) is 54.5 Å². The molecule has 0 spiro atoms. The van der Waals surface area contributed by atoms with Gasteiger partial charge in [0.15, 0.2) is 0 Å². The first-order valence-corrected chi connectivity index (χ1v) is 13.7. The summed E-state index contributed by atoms with van der Waals surface area (Å²) in [5, 5.41) is 4.83. The van der Waals surface area contributed by atoms with Crippen molar-refractivity contribution in [2.75, 3.05) is 52.4 Å². The molecule has 40 heavy (non-hydrogen) atoms. The van der Waals surface area contributed by atoms with Crippen LogP contribution < -0.4 is 14.8 Å². The van der Waals surface area contributed by atoms with Crippen molar-refractivity contribution >= 4 is 34.4 Å². The predicted molar refractivity (Wildman–Crippen MR) is 157 cm³/mol. The lowest BCUT2D eigenvalue weighted by atomic mass is 9.98. The molecule has 3 aromatic rings. The van der Waals surface area contributed by atoms with Crippen molar-refractivity contribution in [1.82, 2.24) is 19.8 Å². The molecule has 0 aliphatic carbocycles. The van der Waals surface area contributed by atoms with E-state index in [9.17, 15) is 4.79 Å². The number of hydrogen-bond acceptors (Lipinski definition) is 8. The Labute approximate surface area is 239 Å². The van der Waals surface area contributed by atoms with E-state index >= 15 is 0 Å². The second kappa shape index (κ2) is 12.1. The molecular formula is C30H34ClN5O4. The van der Waals surface area contributed by atoms with Gasteiger partial charge in [-0.05, 0) is 49.4 Å². The number of halogens is 1. The van der Waals surface area contributed by atoms with Gasteiger partial charge in [0.1, 0.15) is 11.5 Å². The molecule has 1 aromatic heterocycles. The number of methoxy groups -OCH3 is 2. The Hall–Kier alpha value is -3.82. The molecule has 10 heteroatoms. The molecule has 2 aliphatic heterocycles. The summed E-state index contributed by atoms with van der Waals surface area (Å²) < 4.78 is 16.4. The van der Waals surface area contributed by atoms with Crippen LogP contribution in [0.3, 0.4) is 0 Å². The van der Waals surface area contributed by atoms with Crippen LogP contribution in [-0.4, -0.2) is 84.8 Å². The number of carbonyl (C=O) groups is 1. The maximum absolute atomic E-state index is 12.6. The van der Waals surface area contributed by atoms with E-state index in [-0.39, 0.29) is 18.0 Å². The maximum atomic E-state index is 12.6. The number of amides is 1. The minimum absolute atomic E-state index is 0.00525. The number of hydrogen-bond donors (Lipinski definition) is 1. The molecule has 0 saturated carbocycles. The van der Waals surface area contributed by atoms with E-state index in [4.69, 9.17) is 30.8 Å². The zero-order chi connectivity index (χ0) is 28.2. The van der Waals surface area contributed by atoms with Crippen LogP contribution in [0.5, 0.6) is 11.5 Å². The average molecular weight is 564 g/mol. The third kappa shape index (κ3) is 5.71. The molecule has 1 amide bonds. The molecular weight excluding hydrogens is 530 g/mol. The van der Waals surface area contributed by atoms with E-state index in [1.165, 1.54) is 6.08 Å². The van der Waals surface area contributed by atoms with Crippen molar-refractivity contribution in [3.05, 3.63) is 66.0 Å². The molecule has 0 unspecified atom stereocenters. The first kappa shape index (κ1) is 27.7. The van der Waals surface area contributed by atoms with Crippen LogP contribution >= 0.6 is 11.6 Å². The first-order valence-electron chi connectivity index (χ1n) is 13.3. The van der Waals surface area contributed by atoms with Gasteiger partial charge in [0.2, 0.25) is 11.9 Å². The van der Waals surface area contributed by atoms with Crippen LogP contribution in [0.4, 0.5) is 5.95 Å². The highest BCUT2D eigenvalue weighted by atomic mass is 35.5. The number of ether oxygens (including phenoxy) is 3. The minimum atomic E-state index is -0.0870. The summed E-state index contributed by atoms with van der Waals surface area (Å²) in [5.41, 5.74) is 3.48. The fourth-order valence-electron chi connectivity index (χ4n) is 5.32. The second-order valence-electron chi connectivity index (χ2n) is 9.89. The topological polar surface area (TPSA) is 89.1 Å². The van der Waals surface area contributed by atoms with Gasteiger partial charge in [-0.25, -0.2) is 9.97 Å². The zero-order valence-corrected chi connectivity index (χ0v) is 23.8. The van der Waals surface area contributed by atoms with Gasteiger partial charge >= 0.3 is 0 Å². The summed E-state index contributed by atoms with van der Waals surface area (Å²) in [7, 11) is 3.21. The summed E-state index contributed by atoms with van der Waals surface area (Å²) in [6.07, 6.45) is 8.09. The van der Waals surface area contributed by atoms with E-state index in [1.807, 2.05) is 30.0 Å². The second-order valence-corrected chi connectivity index (χ2v) is 10.3. The molecule has 3 heterocycles. The Kier molecular flexibility index (Phi) is 8.42. The van der Waals surface area contributed by atoms with Gasteiger partial charge in [-0.15, -0.1) is 0 Å². The van der Waals surface area contributed by atoms with Crippen molar-refractivity contribution in [1.29, 1.82) is 0 Å². The lowest BCUT2D eigenvalue weighted by Crippen LogP contribution is -2.35. The molecule has 5 rings (SSSR count). The number of likely N-dealkylation sites (tertiary alicyclic amines) is 1. The highest BCUT2D eigenvalue weighted by molar-refractivity contribution is 6.35. The fraction of sp³-hybridized carbons (Fsp3) is 0.367. The highest BCUT2D eigenvalue weighted by Gasteiger charge is 2.33. The number of fused-ring (bicyclic) bond motifs is 1. The normalized spacial score (nSPS) is 19.3. The standard InChI is InChI=1S/C30H34ClN5O4/c1-5-27(37)36-18-22(15-23(36)8-9-35-10-12-40-13-11-35)33-30-32-17-21-14-20(6-7-24(21)34-30)28-19(2)25(38-3)16-26(39-4)29(28)31/h5-9,14,16-17,22-23H,1,10-13,15,18H2,2-4H3,(H,32,33,34)/b9-8-/t22-,23+/m0/s1. The third-order valence-corrected chi connectivity index (χ3v) is 7.83. The number of morpholine rings is 1. The van der Waals surface area contributed by atoms with Gasteiger partial charge in [-0.3, -0.25) is 4.79 Å². The number of rotatable bonds is 8. The van der Waals surface area contributed by atoms with Gasteiger partial charge in [0.05, 0.1) is 44.0 Å². The van der Waals surface area contributed by atoms with Crippen molar-refractivity contribution in [2.24, 2.45) is 0 Å². The quantitative estimate of drug-likeness (QED) is 0.395. The van der Waals surface area contributed by atoms with Crippen molar-refractivity contribution in [2.45, 2.75) is 25.4 Å². The molecule has 2 saturated heterocycles. The lowest BCUT2D eigenvalue weighted by molar-refractivity contribution is -0.126. The molecule has 210 valence electrons. The summed E-state index contributed by atoms with van der Waals surface area (Å²) in [4.78, 5) is 26.0. The van der Waals surface area contributed by atoms with Crippen LogP contribution in [-0.2, 0) is 9.53 Å². The number of aromatic nitrogens is 2. The Morgan fingerprint density at radius 2 is 1.98 bits per heavy atom. The lowest BCUT2D eigenvalue weighted by Gasteiger charge is -2.26. The summed E-state index contributed by atoms with van der Waals surface area (Å²) >= 11 is 6.70. The monoisotopic (exact) mass is 563 g/mol. The van der Waals surface area contributed by atoms with Gasteiger partial charge < -0.3 is 29.3 Å². The first-order chi connectivity index (χ1) is 19.4. The van der Waals surface area contributed by atoms with E-state index in [1.54, 1.807) is 26.5 Å². The van der Waals surface area contributed by atoms with Crippen molar-refractivity contribution in [3.63, 3.8) is 0 Å². The molecule has 9 nitrogen and oxygen atoms in total. The van der Waals surface area contributed by atoms with Crippen LogP contribution in [0.1, 0.15) is 12.0 Å². The Morgan fingerprint density at radius 3 is 2.70 bits per heavy atom. The number of carbonyl (C=O) groups excluding carboxylic acids is 1. The van der Waals surface area contributed by atoms with Gasteiger partial charge in [0.25, 0.3) is 0 Å². The number of nitrogens with zero attached hydrogens (tertiary/aromatic N) is 4. The molecule has 2 atom stereocenters. The highest BCUT2D eigenvalue weighted by Crippen LogP contribution is 2.43. The molecule has 1 N–H and O–H groups in total. The number of benzene rings is 2. The molecule has 2 fully saturated rings. The SMILES string of the molecule is C=CC(=O)N1C[C@@H](Nc2ncc3cc(-c4c(C)c(OC)cc(OC)c4Cl)ccc3n2)C[C@H]1/C=C\N1CCOCC1. The van der Waals surface area contributed by atoms with Crippen LogP contribution in [0.2, 0.25) is 5.02 Å². The fourth-order valence-corrected chi connectivity index (χ4v) is 5.70. The number of nitrogens with one attached hydrogen (secondary N) is 1. The smallest absolute Gasteiger partial charge is 0.246 e. The summed E-state index contributed by atoms with van der Waals surface area (Å²) in [5.74, 6) is 1.68. The van der Waals surface area contributed by atoms with Crippen LogP contribution in [0, 0.1) is 6.92 Å². The van der Waals surface area contributed by atoms with E-state index < -0.39 is 0 Å². The average Bonchev–Trinajstić information content (AvgIpc) is 3.38. The van der Waals surface area contributed by atoms with E-state index in [2.05, 4.69) is 34.1 Å². The Morgan fingerprint density at radius 1 is 1.20 bits per heavy atom. The molecule has 2 aromatic carbocycles. The third-order valence-electron chi connectivity index (χ3n) is 7.45. The van der Waals surface area contributed by atoms with Gasteiger partial charge in [-0.2, -0.15) is 0 Å². The largest absolute Gasteiger partial charge is 0.496 e. The van der Waals surface area contributed by atoms with Crippen LogP contribution in [0.25, 0.3) is 22.0 Å². The minimum Gasteiger partial charge on any atom is -0.496 e. The van der Waals surface area contributed by atoms with Crippen molar-refractivity contribution in [3.8, 4) is 22.6 Å². The van der Waals surface area contributed by atoms with Crippen LogP contribution in [0.15, 0.2) is 55.4 Å². The van der Waals surface area contributed by atoms with Crippen molar-refractivity contribution < 1.29 is 19.0 Å². The summed E-state index contributed by atoms with van der Waals surface area (Å²) in [6, 6.07) is 7.71. The Bertz CT molecular complexity index is 1410. The van der Waals surface area contributed by atoms with E-state index in [0.29, 0.717) is 29.0 Å². The molecule has 0 bridgehead atoms. The summed E-state index contributed by atoms with van der Waals surface area (Å²) in [6.45, 7) is 9.33. The molecule has 0 radical (unpaired) electrons. The zero-order valence-electron chi connectivity index (χ0n) is 23.0. The number of anilines is 1. The maximum Gasteiger partial charge on any atom is 0.246 e. The Balaban J connectivity index is 1.35.